The number of nitrogens with one attached hydrogen (secondary N) is 1. The molecule has 2 aromatic heterocycles. The Kier molecular flexibility index (Phi) is 16.2. The van der Waals surface area contributed by atoms with Crippen LogP contribution in [0.4, 0.5) is 0 Å². The summed E-state index contributed by atoms with van der Waals surface area (Å²) in [5, 5.41) is 46.5. The first-order valence-electron chi connectivity index (χ1n) is 16.9. The van der Waals surface area contributed by atoms with Gasteiger partial charge in [0.1, 0.15) is 23.1 Å². The molecule has 3 heterocycles. The fourth-order valence-corrected chi connectivity index (χ4v) is 6.54. The van der Waals surface area contributed by atoms with Gasteiger partial charge in [0.15, 0.2) is 11.1 Å². The van der Waals surface area contributed by atoms with Crippen molar-refractivity contribution < 1.29 is 57.9 Å². The molecule has 1 saturated heterocycles. The number of likely N-dealkylation sites (N-methyl/N-ethyl adjacent to an activating group) is 1. The number of fused-ring (bicyclic) bond motifs is 1. The van der Waals surface area contributed by atoms with E-state index in [4.69, 9.17) is 41.0 Å². The fraction of sp³-hybridized carbons (Fsp3) is 0.545. The van der Waals surface area contributed by atoms with Crippen LogP contribution in [0.2, 0.25) is 0 Å². The average molecular weight is 784 g/mol. The lowest BCUT2D eigenvalue weighted by molar-refractivity contribution is -0.170. The molecule has 1 atom stereocenters. The summed E-state index contributed by atoms with van der Waals surface area (Å²) in [5.74, 6) is -5.21. The number of hydrogen-bond acceptors (Lipinski definition) is 13. The highest BCUT2D eigenvalue weighted by Crippen LogP contribution is 2.32. The maximum Gasteiger partial charge on any atom is 0.336 e. The van der Waals surface area contributed by atoms with Crippen LogP contribution >= 0.6 is 0 Å². The van der Waals surface area contributed by atoms with Crippen molar-refractivity contribution in [3.05, 3.63) is 34.2 Å². The average Bonchev–Trinajstić information content (AvgIpc) is 3.39. The highest BCUT2D eigenvalue weighted by atomic mass is 32.2. The number of carboxylic acids is 4. The molecule has 0 amide bonds. The number of aliphatic hydroxyl groups is 1. The second-order valence-electron chi connectivity index (χ2n) is 12.8. The van der Waals surface area contributed by atoms with Crippen molar-refractivity contribution in [1.29, 1.82) is 0 Å². The first kappa shape index (κ1) is 45.2. The Hall–Kier alpha value is -4.96. The summed E-state index contributed by atoms with van der Waals surface area (Å²) in [4.78, 5) is 63.2. The van der Waals surface area contributed by atoms with Crippen LogP contribution in [-0.2, 0) is 42.7 Å². The number of ether oxygens (including phenoxy) is 1. The molecule has 1 aromatic carbocycles. The van der Waals surface area contributed by atoms with Gasteiger partial charge < -0.3 is 45.9 Å². The molecular formula is C33H49N7O13S. The zero-order valence-electron chi connectivity index (χ0n) is 31.0. The number of benzene rings is 1. The number of carboxylic acid groups (broad SMARTS) is 4. The summed E-state index contributed by atoms with van der Waals surface area (Å²) in [6, 6.07) is 4.00. The monoisotopic (exact) mass is 783 g/mol. The molecule has 0 unspecified atom stereocenters. The maximum atomic E-state index is 13.3. The van der Waals surface area contributed by atoms with Gasteiger partial charge in [-0.3, -0.25) is 23.9 Å². The van der Waals surface area contributed by atoms with E-state index in [0.29, 0.717) is 61.6 Å². The highest BCUT2D eigenvalue weighted by molar-refractivity contribution is 7.89. The quantitative estimate of drug-likeness (QED) is 0.116. The van der Waals surface area contributed by atoms with E-state index in [1.807, 2.05) is 20.9 Å². The van der Waals surface area contributed by atoms with Crippen molar-refractivity contribution in [1.82, 2.24) is 29.0 Å². The van der Waals surface area contributed by atoms with Gasteiger partial charge in [-0.05, 0) is 44.5 Å². The van der Waals surface area contributed by atoms with E-state index in [-0.39, 0.29) is 22.2 Å². The molecule has 54 heavy (non-hydrogen) atoms. The molecule has 20 nitrogen and oxygen atoms in total. The normalized spacial score (nSPS) is 14.4. The van der Waals surface area contributed by atoms with E-state index in [2.05, 4.69) is 15.0 Å². The lowest BCUT2D eigenvalue weighted by Crippen LogP contribution is -2.47. The predicted octanol–water partition coefficient (Wildman–Crippen LogP) is 0.417. The van der Waals surface area contributed by atoms with E-state index in [0.717, 1.165) is 12.1 Å². The summed E-state index contributed by atoms with van der Waals surface area (Å²) < 4.78 is 35.4. The number of nitrogens with zero attached hydrogens (tertiary/aromatic N) is 5. The highest BCUT2D eigenvalue weighted by Gasteiger charge is 2.40. The smallest absolute Gasteiger partial charge is 0.336 e. The van der Waals surface area contributed by atoms with Crippen LogP contribution in [0.5, 0.6) is 5.75 Å². The van der Waals surface area contributed by atoms with Crippen molar-refractivity contribution in [3.8, 4) is 17.1 Å². The van der Waals surface area contributed by atoms with Gasteiger partial charge in [0.2, 0.25) is 10.0 Å². The molecule has 1 aliphatic rings. The number of nitrogens with two attached hydrogens (primary N) is 1. The van der Waals surface area contributed by atoms with E-state index in [9.17, 15) is 32.4 Å². The third-order valence-electron chi connectivity index (χ3n) is 8.14. The largest absolute Gasteiger partial charge is 0.493 e. The van der Waals surface area contributed by atoms with Crippen LogP contribution < -0.4 is 16.0 Å². The minimum absolute atomic E-state index is 0.0208. The Labute approximate surface area is 311 Å². The van der Waals surface area contributed by atoms with Gasteiger partial charge >= 0.3 is 23.9 Å². The molecule has 0 radical (unpaired) electrons. The first-order chi connectivity index (χ1) is 25.1. The molecule has 0 aliphatic carbocycles. The van der Waals surface area contributed by atoms with E-state index < -0.39 is 58.4 Å². The second-order valence-corrected chi connectivity index (χ2v) is 14.8. The predicted molar refractivity (Wildman–Crippen MR) is 194 cm³/mol. The van der Waals surface area contributed by atoms with E-state index in [1.165, 1.54) is 8.99 Å². The molecule has 0 saturated carbocycles. The summed E-state index contributed by atoms with van der Waals surface area (Å²) in [7, 11) is -0.00831. The van der Waals surface area contributed by atoms with Gasteiger partial charge in [-0.15, -0.1) is 0 Å². The topological polar surface area (TPSA) is 309 Å². The Bertz CT molecular complexity index is 1950. The zero-order valence-corrected chi connectivity index (χ0v) is 31.8. The SMILES string of the molecule is CC(C)[C@H](N)C(=O)O.CCCc1nn(C)c2c(=O)[nH]c(-c3cc(S(=O)(=O)N4CCN(C)CC4)ccc3OCC)nc12.O=C(O)CC(O)(CC(=O)O)C(=O)O. The lowest BCUT2D eigenvalue weighted by Gasteiger charge is -2.31. The number of aromatic nitrogens is 4. The number of carbonyl (C=O) groups is 4. The molecule has 4 rings (SSSR count). The van der Waals surface area contributed by atoms with Crippen molar-refractivity contribution in [2.24, 2.45) is 18.7 Å². The molecule has 8 N–H and O–H groups in total. The molecule has 3 aromatic rings. The van der Waals surface area contributed by atoms with Crippen LogP contribution in [0, 0.1) is 5.92 Å². The molecule has 1 aliphatic heterocycles. The molecule has 300 valence electrons. The number of rotatable bonds is 14. The van der Waals surface area contributed by atoms with Crippen molar-refractivity contribution in [2.45, 2.75) is 69.9 Å². The van der Waals surface area contributed by atoms with Crippen molar-refractivity contribution in [2.75, 3.05) is 39.8 Å². The van der Waals surface area contributed by atoms with Crippen molar-refractivity contribution in [3.63, 3.8) is 0 Å². The van der Waals surface area contributed by atoms with Crippen LogP contribution in [-0.4, -0.2) is 138 Å². The summed E-state index contributed by atoms with van der Waals surface area (Å²) in [6.07, 6.45) is -0.745. The van der Waals surface area contributed by atoms with Gasteiger partial charge in [-0.2, -0.15) is 9.40 Å². The van der Waals surface area contributed by atoms with Crippen LogP contribution in [0.3, 0.4) is 0 Å². The first-order valence-corrected chi connectivity index (χ1v) is 18.3. The van der Waals surface area contributed by atoms with Gasteiger partial charge in [-0.1, -0.05) is 27.2 Å². The molecule has 0 spiro atoms. The Balaban J connectivity index is 0.000000396. The summed E-state index contributed by atoms with van der Waals surface area (Å²) >= 11 is 0. The fourth-order valence-electron chi connectivity index (χ4n) is 5.09. The standard InChI is InChI=1S/C22H30N6O4S.C6H8O7.C5H11NO2/c1-5-7-17-19-20(27(4)25-17)22(29)24-21(23-19)16-14-15(8-9-18(16)32-6-2)33(30,31)28-12-10-26(3)11-13-28;7-3(8)1-6(13,5(11)12)2-4(9)10;1-3(2)4(6)5(7)8/h8-9,14H,5-7,10-13H2,1-4H3,(H,23,24,29);13H,1-2H2,(H,7,8)(H,9,10)(H,11,12);3-4H,6H2,1-2H3,(H,7,8)/t;;4-/m..0/s1. The molecule has 21 heteroatoms. The van der Waals surface area contributed by atoms with Gasteiger partial charge in [0.25, 0.3) is 5.56 Å². The summed E-state index contributed by atoms with van der Waals surface area (Å²) in [6.45, 7) is 10.0. The van der Waals surface area contributed by atoms with Crippen molar-refractivity contribution >= 4 is 44.9 Å². The number of hydrogen-bond donors (Lipinski definition) is 7. The maximum absolute atomic E-state index is 13.3. The number of aliphatic carboxylic acids is 4. The molecular weight excluding hydrogens is 734 g/mol. The third-order valence-corrected chi connectivity index (χ3v) is 10.0. The third kappa shape index (κ3) is 11.8. The van der Waals surface area contributed by atoms with Gasteiger partial charge in [0.05, 0.1) is 35.6 Å². The molecule has 0 bridgehead atoms. The van der Waals surface area contributed by atoms with E-state index in [1.54, 1.807) is 39.1 Å². The van der Waals surface area contributed by atoms with Crippen LogP contribution in [0.1, 0.15) is 52.7 Å². The van der Waals surface area contributed by atoms with Crippen LogP contribution in [0.25, 0.3) is 22.4 Å². The number of aromatic amines is 1. The lowest BCUT2D eigenvalue weighted by atomic mass is 9.96. The van der Waals surface area contributed by atoms with Gasteiger partial charge in [0, 0.05) is 33.2 Å². The number of sulfonamides is 1. The second kappa shape index (κ2) is 19.4. The number of H-pyrrole nitrogens is 1. The van der Waals surface area contributed by atoms with Crippen LogP contribution in [0.15, 0.2) is 27.9 Å². The Morgan fingerprint density at radius 3 is 2.02 bits per heavy atom. The van der Waals surface area contributed by atoms with E-state index >= 15 is 0 Å². The minimum atomic E-state index is -3.70. The zero-order chi connectivity index (χ0) is 41.1. The van der Waals surface area contributed by atoms with Gasteiger partial charge in [-0.25, -0.2) is 18.2 Å². The Morgan fingerprint density at radius 2 is 1.57 bits per heavy atom. The Morgan fingerprint density at radius 1 is 1.00 bits per heavy atom. The summed E-state index contributed by atoms with van der Waals surface area (Å²) in [5.41, 5.74) is 4.17. The number of aryl methyl sites for hydroxylation is 2. The molecule has 1 fully saturated rings. The number of piperazine rings is 1. The minimum Gasteiger partial charge on any atom is -0.493 e.